The van der Waals surface area contributed by atoms with Gasteiger partial charge < -0.3 is 10.6 Å². The van der Waals surface area contributed by atoms with Crippen LogP contribution in [0.5, 0.6) is 0 Å². The lowest BCUT2D eigenvalue weighted by Gasteiger charge is -2.33. The molecule has 2 rings (SSSR count). The molecule has 2 nitrogen and oxygen atoms in total. The SMILES string of the molecule is CC1CC=C([C@@H](N)c2ccccc2)N(C)C1. The van der Waals surface area contributed by atoms with E-state index >= 15 is 0 Å². The Kier molecular flexibility index (Phi) is 3.30. The fraction of sp³-hybridized carbons (Fsp3) is 0.429. The molecule has 0 aromatic heterocycles. The van der Waals surface area contributed by atoms with Crippen molar-refractivity contribution in [1.82, 2.24) is 4.90 Å². The van der Waals surface area contributed by atoms with Crippen molar-refractivity contribution in [2.24, 2.45) is 11.7 Å². The van der Waals surface area contributed by atoms with Crippen molar-refractivity contribution >= 4 is 0 Å². The normalized spacial score (nSPS) is 22.8. The second-order valence-corrected chi connectivity index (χ2v) is 4.74. The van der Waals surface area contributed by atoms with Gasteiger partial charge in [-0.05, 0) is 17.9 Å². The first kappa shape index (κ1) is 11.2. The summed E-state index contributed by atoms with van der Waals surface area (Å²) in [5.74, 6) is 0.733. The van der Waals surface area contributed by atoms with E-state index in [4.69, 9.17) is 5.73 Å². The summed E-state index contributed by atoms with van der Waals surface area (Å²) < 4.78 is 0. The topological polar surface area (TPSA) is 29.3 Å². The van der Waals surface area contributed by atoms with Crippen LogP contribution in [0.1, 0.15) is 24.9 Å². The van der Waals surface area contributed by atoms with Gasteiger partial charge in [0.25, 0.3) is 0 Å². The van der Waals surface area contributed by atoms with Crippen molar-refractivity contribution < 1.29 is 0 Å². The average Bonchev–Trinajstić information content (AvgIpc) is 2.29. The Balaban J connectivity index is 2.19. The van der Waals surface area contributed by atoms with Crippen LogP contribution in [0.4, 0.5) is 0 Å². The minimum absolute atomic E-state index is 0.0127. The molecule has 2 atom stereocenters. The molecule has 16 heavy (non-hydrogen) atoms. The number of hydrogen-bond donors (Lipinski definition) is 1. The fourth-order valence-electron chi connectivity index (χ4n) is 2.32. The Morgan fingerprint density at radius 2 is 2.00 bits per heavy atom. The van der Waals surface area contributed by atoms with Crippen LogP contribution in [-0.2, 0) is 0 Å². The summed E-state index contributed by atoms with van der Waals surface area (Å²) in [4.78, 5) is 2.28. The first-order chi connectivity index (χ1) is 7.68. The second kappa shape index (κ2) is 4.71. The van der Waals surface area contributed by atoms with Crippen molar-refractivity contribution in [1.29, 1.82) is 0 Å². The Labute approximate surface area is 97.8 Å². The third kappa shape index (κ3) is 2.27. The van der Waals surface area contributed by atoms with Gasteiger partial charge in [0.2, 0.25) is 0 Å². The molecule has 2 heteroatoms. The van der Waals surface area contributed by atoms with E-state index in [0.29, 0.717) is 0 Å². The van der Waals surface area contributed by atoms with Crippen LogP contribution in [-0.4, -0.2) is 18.5 Å². The van der Waals surface area contributed by atoms with Crippen LogP contribution in [0.2, 0.25) is 0 Å². The zero-order chi connectivity index (χ0) is 11.5. The van der Waals surface area contributed by atoms with Crippen LogP contribution in [0.15, 0.2) is 42.1 Å². The molecule has 0 amide bonds. The molecule has 0 fully saturated rings. The van der Waals surface area contributed by atoms with Crippen LogP contribution in [0.3, 0.4) is 0 Å². The fourth-order valence-corrected chi connectivity index (χ4v) is 2.32. The molecule has 1 aromatic rings. The lowest BCUT2D eigenvalue weighted by molar-refractivity contribution is 0.304. The van der Waals surface area contributed by atoms with Crippen LogP contribution >= 0.6 is 0 Å². The van der Waals surface area contributed by atoms with Gasteiger partial charge in [0, 0.05) is 19.3 Å². The van der Waals surface area contributed by atoms with E-state index in [-0.39, 0.29) is 6.04 Å². The molecular weight excluding hydrogens is 196 g/mol. The number of nitrogens with zero attached hydrogens (tertiary/aromatic N) is 1. The molecule has 1 aliphatic heterocycles. The number of benzene rings is 1. The number of nitrogens with two attached hydrogens (primary N) is 1. The highest BCUT2D eigenvalue weighted by Gasteiger charge is 2.20. The van der Waals surface area contributed by atoms with Gasteiger partial charge in [0.1, 0.15) is 0 Å². The Morgan fingerprint density at radius 3 is 2.62 bits per heavy atom. The predicted molar refractivity (Wildman–Crippen MR) is 67.9 cm³/mol. The van der Waals surface area contributed by atoms with Gasteiger partial charge in [-0.2, -0.15) is 0 Å². The molecule has 1 aliphatic rings. The van der Waals surface area contributed by atoms with Gasteiger partial charge >= 0.3 is 0 Å². The van der Waals surface area contributed by atoms with Gasteiger partial charge in [-0.15, -0.1) is 0 Å². The maximum Gasteiger partial charge on any atom is 0.0699 e. The zero-order valence-corrected chi connectivity index (χ0v) is 10.1. The van der Waals surface area contributed by atoms with Crippen LogP contribution < -0.4 is 5.73 Å². The van der Waals surface area contributed by atoms with Gasteiger partial charge in [-0.25, -0.2) is 0 Å². The number of likely N-dealkylation sites (N-methyl/N-ethyl adjacent to an activating group) is 1. The van der Waals surface area contributed by atoms with Crippen molar-refractivity contribution in [3.8, 4) is 0 Å². The van der Waals surface area contributed by atoms with Gasteiger partial charge in [-0.3, -0.25) is 0 Å². The number of allylic oxidation sites excluding steroid dienone is 1. The Hall–Kier alpha value is -1.28. The van der Waals surface area contributed by atoms with Crippen molar-refractivity contribution in [2.45, 2.75) is 19.4 Å². The van der Waals surface area contributed by atoms with E-state index in [1.165, 1.54) is 11.3 Å². The Morgan fingerprint density at radius 1 is 1.31 bits per heavy atom. The van der Waals surface area contributed by atoms with Crippen molar-refractivity contribution in [3.63, 3.8) is 0 Å². The van der Waals surface area contributed by atoms with Crippen LogP contribution in [0, 0.1) is 5.92 Å². The molecule has 1 unspecified atom stereocenters. The molecule has 0 saturated carbocycles. The minimum Gasteiger partial charge on any atom is -0.376 e. The highest BCUT2D eigenvalue weighted by molar-refractivity contribution is 5.27. The summed E-state index contributed by atoms with van der Waals surface area (Å²) >= 11 is 0. The van der Waals surface area contributed by atoms with Crippen molar-refractivity contribution in [3.05, 3.63) is 47.7 Å². The van der Waals surface area contributed by atoms with Gasteiger partial charge in [0.05, 0.1) is 6.04 Å². The first-order valence-corrected chi connectivity index (χ1v) is 5.90. The summed E-state index contributed by atoms with van der Waals surface area (Å²) in [6.45, 7) is 3.38. The monoisotopic (exact) mass is 216 g/mol. The molecule has 1 heterocycles. The van der Waals surface area contributed by atoms with E-state index in [1.807, 2.05) is 18.2 Å². The number of rotatable bonds is 2. The second-order valence-electron chi connectivity index (χ2n) is 4.74. The van der Waals surface area contributed by atoms with Crippen LogP contribution in [0.25, 0.3) is 0 Å². The molecule has 1 aromatic carbocycles. The molecule has 0 aliphatic carbocycles. The lowest BCUT2D eigenvalue weighted by atomic mass is 9.96. The average molecular weight is 216 g/mol. The van der Waals surface area contributed by atoms with Gasteiger partial charge in [-0.1, -0.05) is 43.3 Å². The molecular formula is C14H20N2. The summed E-state index contributed by atoms with van der Waals surface area (Å²) in [5.41, 5.74) is 8.74. The smallest absolute Gasteiger partial charge is 0.0699 e. The molecule has 0 bridgehead atoms. The highest BCUT2D eigenvalue weighted by atomic mass is 15.1. The summed E-state index contributed by atoms with van der Waals surface area (Å²) in [6.07, 6.45) is 3.42. The highest BCUT2D eigenvalue weighted by Crippen LogP contribution is 2.26. The molecule has 86 valence electrons. The summed E-state index contributed by atoms with van der Waals surface area (Å²) in [7, 11) is 2.13. The van der Waals surface area contributed by atoms with E-state index in [2.05, 4.69) is 37.1 Å². The quantitative estimate of drug-likeness (QED) is 0.823. The van der Waals surface area contributed by atoms with E-state index in [0.717, 1.165) is 18.9 Å². The van der Waals surface area contributed by atoms with E-state index < -0.39 is 0 Å². The minimum atomic E-state index is 0.0127. The lowest BCUT2D eigenvalue weighted by Crippen LogP contribution is -2.33. The van der Waals surface area contributed by atoms with E-state index in [1.54, 1.807) is 0 Å². The summed E-state index contributed by atoms with van der Waals surface area (Å²) in [6, 6.07) is 10.3. The number of hydrogen-bond acceptors (Lipinski definition) is 2. The molecule has 0 radical (unpaired) electrons. The zero-order valence-electron chi connectivity index (χ0n) is 10.1. The molecule has 2 N–H and O–H groups in total. The maximum atomic E-state index is 6.30. The molecule has 0 saturated heterocycles. The third-order valence-corrected chi connectivity index (χ3v) is 3.23. The van der Waals surface area contributed by atoms with Gasteiger partial charge in [0.15, 0.2) is 0 Å². The first-order valence-electron chi connectivity index (χ1n) is 5.90. The Bertz CT molecular complexity index is 370. The maximum absolute atomic E-state index is 6.30. The van der Waals surface area contributed by atoms with Crippen molar-refractivity contribution in [2.75, 3.05) is 13.6 Å². The largest absolute Gasteiger partial charge is 0.376 e. The molecule has 0 spiro atoms. The standard InChI is InChI=1S/C14H20N2/c1-11-8-9-13(16(2)10-11)14(15)12-6-4-3-5-7-12/h3-7,9,11,14H,8,10,15H2,1-2H3/t11?,14-/m0/s1. The predicted octanol–water partition coefficient (Wildman–Crippen LogP) is 2.54. The van der Waals surface area contributed by atoms with E-state index in [9.17, 15) is 0 Å². The summed E-state index contributed by atoms with van der Waals surface area (Å²) in [5, 5.41) is 0. The third-order valence-electron chi connectivity index (χ3n) is 3.23.